The van der Waals surface area contributed by atoms with Crippen LogP contribution in [0.2, 0.25) is 0 Å². The molecule has 0 spiro atoms. The van der Waals surface area contributed by atoms with Gasteiger partial charge in [0, 0.05) is 30.8 Å². The number of thioether (sulfide) groups is 1. The van der Waals surface area contributed by atoms with Gasteiger partial charge in [-0.2, -0.15) is 11.8 Å². The van der Waals surface area contributed by atoms with Gasteiger partial charge in [0.1, 0.15) is 5.82 Å². The van der Waals surface area contributed by atoms with Crippen molar-refractivity contribution in [1.29, 1.82) is 0 Å². The molecule has 15 heavy (non-hydrogen) atoms. The fourth-order valence-corrected chi connectivity index (χ4v) is 2.44. The summed E-state index contributed by atoms with van der Waals surface area (Å²) in [5, 5.41) is 0. The first-order valence-corrected chi connectivity index (χ1v) is 6.02. The molecule has 1 amide bonds. The van der Waals surface area contributed by atoms with Crippen molar-refractivity contribution < 1.29 is 4.79 Å². The van der Waals surface area contributed by atoms with E-state index in [1.54, 1.807) is 18.3 Å². The quantitative estimate of drug-likeness (QED) is 0.767. The van der Waals surface area contributed by atoms with E-state index < -0.39 is 0 Å². The summed E-state index contributed by atoms with van der Waals surface area (Å²) in [6.45, 7) is 1.61. The molecule has 1 aliphatic heterocycles. The highest BCUT2D eigenvalue weighted by Crippen LogP contribution is 2.15. The zero-order valence-corrected chi connectivity index (χ0v) is 9.17. The summed E-state index contributed by atoms with van der Waals surface area (Å²) in [5.41, 5.74) is 6.18. The smallest absolute Gasteiger partial charge is 0.257 e. The molecule has 0 atom stereocenters. The van der Waals surface area contributed by atoms with Gasteiger partial charge in [-0.25, -0.2) is 4.98 Å². The molecule has 0 radical (unpaired) electrons. The van der Waals surface area contributed by atoms with Crippen LogP contribution >= 0.6 is 11.8 Å². The molecule has 1 fully saturated rings. The molecule has 1 aliphatic rings. The van der Waals surface area contributed by atoms with E-state index in [1.165, 1.54) is 0 Å². The highest BCUT2D eigenvalue weighted by atomic mass is 32.2. The van der Waals surface area contributed by atoms with Gasteiger partial charge in [-0.1, -0.05) is 0 Å². The highest BCUT2D eigenvalue weighted by molar-refractivity contribution is 7.99. The normalized spacial score (nSPS) is 16.4. The largest absolute Gasteiger partial charge is 0.383 e. The monoisotopic (exact) mass is 223 g/mol. The number of pyridine rings is 1. The topological polar surface area (TPSA) is 59.2 Å². The third kappa shape index (κ3) is 2.23. The van der Waals surface area contributed by atoms with Crippen molar-refractivity contribution >= 4 is 23.5 Å². The molecule has 4 nitrogen and oxygen atoms in total. The van der Waals surface area contributed by atoms with E-state index in [2.05, 4.69) is 4.98 Å². The van der Waals surface area contributed by atoms with Crippen LogP contribution in [0.5, 0.6) is 0 Å². The fourth-order valence-electron chi connectivity index (χ4n) is 1.54. The van der Waals surface area contributed by atoms with Crippen molar-refractivity contribution in [3.63, 3.8) is 0 Å². The molecule has 0 aliphatic carbocycles. The van der Waals surface area contributed by atoms with Crippen LogP contribution in [0.3, 0.4) is 0 Å². The van der Waals surface area contributed by atoms with Crippen LogP contribution in [0.25, 0.3) is 0 Å². The van der Waals surface area contributed by atoms with E-state index in [-0.39, 0.29) is 5.91 Å². The molecule has 0 bridgehead atoms. The number of carbonyl (C=O) groups excluding carboxylic acids is 1. The van der Waals surface area contributed by atoms with Crippen molar-refractivity contribution in [3.8, 4) is 0 Å². The average molecular weight is 223 g/mol. The Morgan fingerprint density at radius 1 is 1.47 bits per heavy atom. The summed E-state index contributed by atoms with van der Waals surface area (Å²) < 4.78 is 0. The van der Waals surface area contributed by atoms with Crippen LogP contribution in [-0.4, -0.2) is 40.4 Å². The van der Waals surface area contributed by atoms with Crippen molar-refractivity contribution in [2.45, 2.75) is 0 Å². The molecule has 1 aromatic heterocycles. The van der Waals surface area contributed by atoms with Crippen molar-refractivity contribution in [3.05, 3.63) is 23.9 Å². The minimum absolute atomic E-state index is 0.000833. The van der Waals surface area contributed by atoms with Gasteiger partial charge in [-0.3, -0.25) is 4.79 Å². The summed E-state index contributed by atoms with van der Waals surface area (Å²) in [4.78, 5) is 17.8. The summed E-state index contributed by atoms with van der Waals surface area (Å²) in [6.07, 6.45) is 1.60. The van der Waals surface area contributed by atoms with E-state index >= 15 is 0 Å². The van der Waals surface area contributed by atoms with Crippen molar-refractivity contribution in [2.24, 2.45) is 0 Å². The fraction of sp³-hybridized carbons (Fsp3) is 0.400. The molecule has 0 unspecified atom stereocenters. The zero-order chi connectivity index (χ0) is 10.7. The van der Waals surface area contributed by atoms with Gasteiger partial charge in [0.25, 0.3) is 5.91 Å². The third-order valence-electron chi connectivity index (χ3n) is 2.37. The first kappa shape index (κ1) is 10.3. The number of nitrogen functional groups attached to an aromatic ring is 1. The molecule has 80 valence electrons. The third-order valence-corrected chi connectivity index (χ3v) is 3.31. The molecule has 2 N–H and O–H groups in total. The van der Waals surface area contributed by atoms with Gasteiger partial charge in [0.2, 0.25) is 0 Å². The number of hydrogen-bond donors (Lipinski definition) is 1. The maximum atomic E-state index is 12.0. The first-order valence-electron chi connectivity index (χ1n) is 4.86. The number of anilines is 1. The standard InChI is InChI=1S/C10H13N3OS/c11-9-8(2-1-3-12-9)10(14)13-4-6-15-7-5-13/h1-3H,4-7H2,(H2,11,12). The molecule has 2 heterocycles. The Morgan fingerprint density at radius 3 is 2.87 bits per heavy atom. The lowest BCUT2D eigenvalue weighted by Crippen LogP contribution is -2.38. The summed E-state index contributed by atoms with van der Waals surface area (Å²) in [6, 6.07) is 3.47. The zero-order valence-electron chi connectivity index (χ0n) is 8.35. The number of rotatable bonds is 1. The van der Waals surface area contributed by atoms with Gasteiger partial charge in [-0.05, 0) is 12.1 Å². The maximum absolute atomic E-state index is 12.0. The molecule has 1 saturated heterocycles. The van der Waals surface area contributed by atoms with E-state index in [1.807, 2.05) is 16.7 Å². The minimum atomic E-state index is 0.000833. The Kier molecular flexibility index (Phi) is 3.11. The number of carbonyl (C=O) groups is 1. The van der Waals surface area contributed by atoms with Gasteiger partial charge >= 0.3 is 0 Å². The number of aromatic nitrogens is 1. The lowest BCUT2D eigenvalue weighted by atomic mass is 10.2. The molecule has 2 rings (SSSR count). The molecule has 1 aromatic rings. The Balaban J connectivity index is 2.16. The van der Waals surface area contributed by atoms with E-state index in [0.29, 0.717) is 11.4 Å². The Bertz CT molecular complexity index is 363. The van der Waals surface area contributed by atoms with Gasteiger partial charge in [0.05, 0.1) is 5.56 Å². The van der Waals surface area contributed by atoms with Crippen molar-refractivity contribution in [1.82, 2.24) is 9.88 Å². The average Bonchev–Trinajstić information content (AvgIpc) is 2.30. The van der Waals surface area contributed by atoms with E-state index in [4.69, 9.17) is 5.73 Å². The van der Waals surface area contributed by atoms with Gasteiger partial charge < -0.3 is 10.6 Å². The predicted octanol–water partition coefficient (Wildman–Crippen LogP) is 0.853. The lowest BCUT2D eigenvalue weighted by molar-refractivity contribution is 0.0773. The SMILES string of the molecule is Nc1ncccc1C(=O)N1CCSCC1. The number of nitrogens with two attached hydrogens (primary N) is 1. The van der Waals surface area contributed by atoms with Crippen LogP contribution in [0, 0.1) is 0 Å². The summed E-state index contributed by atoms with van der Waals surface area (Å²) >= 11 is 1.87. The Morgan fingerprint density at radius 2 is 2.20 bits per heavy atom. The second-order valence-corrected chi connectivity index (χ2v) is 4.57. The Hall–Kier alpha value is -1.23. The molecular weight excluding hydrogens is 210 g/mol. The molecule has 0 saturated carbocycles. The molecular formula is C10H13N3OS. The molecule has 0 aromatic carbocycles. The van der Waals surface area contributed by atoms with Crippen LogP contribution in [-0.2, 0) is 0 Å². The van der Waals surface area contributed by atoms with Crippen molar-refractivity contribution in [2.75, 3.05) is 30.3 Å². The van der Waals surface area contributed by atoms with Crippen LogP contribution < -0.4 is 5.73 Å². The summed E-state index contributed by atoms with van der Waals surface area (Å²) in [7, 11) is 0. The number of nitrogens with zero attached hydrogens (tertiary/aromatic N) is 2. The van der Waals surface area contributed by atoms with Gasteiger partial charge in [0.15, 0.2) is 0 Å². The first-order chi connectivity index (χ1) is 7.29. The lowest BCUT2D eigenvalue weighted by Gasteiger charge is -2.26. The van der Waals surface area contributed by atoms with E-state index in [9.17, 15) is 4.79 Å². The van der Waals surface area contributed by atoms with E-state index in [0.717, 1.165) is 24.6 Å². The molecule has 5 heteroatoms. The second-order valence-electron chi connectivity index (χ2n) is 3.34. The van der Waals surface area contributed by atoms with Crippen LogP contribution in [0.1, 0.15) is 10.4 Å². The second kappa shape index (κ2) is 4.53. The number of hydrogen-bond acceptors (Lipinski definition) is 4. The highest BCUT2D eigenvalue weighted by Gasteiger charge is 2.20. The number of amides is 1. The minimum Gasteiger partial charge on any atom is -0.383 e. The van der Waals surface area contributed by atoms with Crippen LogP contribution in [0.15, 0.2) is 18.3 Å². The predicted molar refractivity (Wildman–Crippen MR) is 61.9 cm³/mol. The Labute approximate surface area is 92.9 Å². The maximum Gasteiger partial charge on any atom is 0.257 e. The van der Waals surface area contributed by atoms with Crippen LogP contribution in [0.4, 0.5) is 5.82 Å². The van der Waals surface area contributed by atoms with Gasteiger partial charge in [-0.15, -0.1) is 0 Å². The summed E-state index contributed by atoms with van der Waals surface area (Å²) in [5.74, 6) is 2.33.